The minimum Gasteiger partial charge on any atom is -0.502 e. The van der Waals surface area contributed by atoms with Gasteiger partial charge in [-0.05, 0) is 45.9 Å². The number of nitro benzene ring substituents is 2. The molecule has 4 amide bonds. The number of nitrogens with zero attached hydrogens (tertiary/aromatic N) is 4. The molecular formula is C44H49BrN4O12. The van der Waals surface area contributed by atoms with E-state index in [0.29, 0.717) is 16.7 Å². The summed E-state index contributed by atoms with van der Waals surface area (Å²) in [4.78, 5) is 75.9. The molecule has 0 radical (unpaired) electrons. The van der Waals surface area contributed by atoms with Crippen molar-refractivity contribution in [1.82, 2.24) is 0 Å². The summed E-state index contributed by atoms with van der Waals surface area (Å²) in [5, 5.41) is 49.9. The number of fused-ring (bicyclic) bond motifs is 2. The second kappa shape index (κ2) is 20.0. The molecule has 0 saturated carbocycles. The highest BCUT2D eigenvalue weighted by molar-refractivity contribution is 9.09. The number of ether oxygens (including phenoxy) is 1. The number of carbonyl (C=O) groups excluding carboxylic acids is 4. The van der Waals surface area contributed by atoms with E-state index in [2.05, 4.69) is 15.9 Å². The van der Waals surface area contributed by atoms with Crippen molar-refractivity contribution >= 4 is 62.3 Å². The number of hydrogen-bond donors (Lipinski definition) is 3. The fourth-order valence-corrected chi connectivity index (χ4v) is 7.03. The summed E-state index contributed by atoms with van der Waals surface area (Å²) in [6.07, 6.45) is 0. The van der Waals surface area contributed by atoms with Gasteiger partial charge in [0.05, 0.1) is 56.7 Å². The van der Waals surface area contributed by atoms with E-state index in [1.165, 1.54) is 6.07 Å². The van der Waals surface area contributed by atoms with Gasteiger partial charge in [-0.1, -0.05) is 108 Å². The number of anilines is 2. The molecule has 0 spiro atoms. The van der Waals surface area contributed by atoms with Crippen LogP contribution in [0.1, 0.15) is 143 Å². The van der Waals surface area contributed by atoms with Gasteiger partial charge in [-0.2, -0.15) is 0 Å². The number of phenols is 1. The fraction of sp³-hybridized carbons (Fsp3) is 0.364. The lowest BCUT2D eigenvalue weighted by Gasteiger charge is -2.25. The van der Waals surface area contributed by atoms with Crippen LogP contribution in [-0.2, 0) is 0 Å². The lowest BCUT2D eigenvalue weighted by molar-refractivity contribution is -0.386. The van der Waals surface area contributed by atoms with Crippen LogP contribution in [0, 0.1) is 20.2 Å². The van der Waals surface area contributed by atoms with E-state index in [9.17, 15) is 44.5 Å². The number of aromatic hydroxyl groups is 1. The number of amides is 4. The molecule has 17 heteroatoms. The number of nitro groups is 2. The molecule has 3 N–H and O–H groups in total. The van der Waals surface area contributed by atoms with Gasteiger partial charge < -0.3 is 20.1 Å². The zero-order valence-corrected chi connectivity index (χ0v) is 36.7. The van der Waals surface area contributed by atoms with E-state index in [4.69, 9.17) is 14.9 Å². The molecule has 0 unspecified atom stereocenters. The van der Waals surface area contributed by atoms with Crippen LogP contribution < -0.4 is 14.5 Å². The van der Waals surface area contributed by atoms with E-state index < -0.39 is 50.6 Å². The first kappa shape index (κ1) is 47.6. The van der Waals surface area contributed by atoms with Gasteiger partial charge in [0.25, 0.3) is 23.6 Å². The minimum absolute atomic E-state index is 0.0311. The van der Waals surface area contributed by atoms with Crippen LogP contribution in [0.4, 0.5) is 22.7 Å². The Labute approximate surface area is 361 Å². The Bertz CT molecular complexity index is 2320. The molecule has 0 bridgehead atoms. The molecule has 2 heterocycles. The maximum atomic E-state index is 13.3. The summed E-state index contributed by atoms with van der Waals surface area (Å²) in [7, 11) is 0. The molecule has 0 aliphatic carbocycles. The van der Waals surface area contributed by atoms with E-state index >= 15 is 0 Å². The third-order valence-electron chi connectivity index (χ3n) is 9.91. The Balaban J connectivity index is 0.000000248. The molecule has 0 saturated heterocycles. The molecule has 324 valence electrons. The van der Waals surface area contributed by atoms with Crippen molar-refractivity contribution in [2.75, 3.05) is 35.0 Å². The molecule has 4 aromatic carbocycles. The molecule has 4 aromatic rings. The second-order valence-electron chi connectivity index (χ2n) is 15.3. The summed E-state index contributed by atoms with van der Waals surface area (Å²) in [5.41, 5.74) is 3.33. The molecule has 0 aromatic heterocycles. The van der Waals surface area contributed by atoms with Gasteiger partial charge in [0.1, 0.15) is 6.61 Å². The molecule has 61 heavy (non-hydrogen) atoms. The van der Waals surface area contributed by atoms with Crippen LogP contribution in [0.2, 0.25) is 0 Å². The quantitative estimate of drug-likeness (QED) is 0.0524. The average Bonchev–Trinajstić information content (AvgIpc) is 3.60. The normalized spacial score (nSPS) is 13.1. The number of carbonyl (C=O) groups is 4. The lowest BCUT2D eigenvalue weighted by Crippen LogP contribution is -2.31. The zero-order valence-electron chi connectivity index (χ0n) is 35.1. The molecule has 2 aliphatic rings. The Morgan fingerprint density at radius 1 is 0.590 bits per heavy atom. The molecule has 0 fully saturated rings. The van der Waals surface area contributed by atoms with Crippen molar-refractivity contribution in [2.45, 2.75) is 79.1 Å². The summed E-state index contributed by atoms with van der Waals surface area (Å²) in [5.74, 6) is -2.91. The SMILES string of the molecule is CC(C)c1cccc(C(C)C)c1N1C(=O)c2cc(O)c([N+](=O)[O-])cc2C1=O.CC(C)c1cccc(C(C)C)c1N1C(=O)c2cc(OCCO)c([N+](=O)[O-])cc2C1=O.OCCBr. The first-order valence-electron chi connectivity index (χ1n) is 19.5. The summed E-state index contributed by atoms with van der Waals surface area (Å²) in [6, 6.07) is 15.6. The smallest absolute Gasteiger partial charge is 0.311 e. The second-order valence-corrected chi connectivity index (χ2v) is 16.1. The average molecular weight is 906 g/mol. The third-order valence-corrected chi connectivity index (χ3v) is 10.3. The van der Waals surface area contributed by atoms with E-state index in [0.717, 1.165) is 50.3 Å². The third kappa shape index (κ3) is 9.64. The summed E-state index contributed by atoms with van der Waals surface area (Å²) < 4.78 is 5.25. The monoisotopic (exact) mass is 904 g/mol. The standard InChI is InChI=1S/C22H24N2O6.C20H20N2O5.C2H5BrO/c1-12(2)14-6-5-7-15(13(3)4)20(14)23-21(26)16-10-18(24(28)29)19(30-9-8-25)11-17(16)22(23)27;1-10(2)12-6-5-7-13(11(3)4)18(12)21-19(24)14-8-16(22(26)27)17(23)9-15(14)20(21)25;3-1-2-4/h5-7,10-13,25H,8-9H2,1-4H3;5-11,23H,1-4H3;4H,1-2H2. The maximum absolute atomic E-state index is 13.3. The number of aliphatic hydroxyl groups excluding tert-OH is 2. The molecule has 6 rings (SSSR count). The number of hydrogen-bond acceptors (Lipinski definition) is 12. The number of rotatable bonds is 12. The topological polar surface area (TPSA) is 231 Å². The van der Waals surface area contributed by atoms with Gasteiger partial charge in [0.2, 0.25) is 0 Å². The van der Waals surface area contributed by atoms with Gasteiger partial charge in [0.15, 0.2) is 11.5 Å². The van der Waals surface area contributed by atoms with Crippen LogP contribution in [0.25, 0.3) is 0 Å². The first-order valence-corrected chi connectivity index (χ1v) is 20.6. The predicted molar refractivity (Wildman–Crippen MR) is 233 cm³/mol. The number of alkyl halides is 1. The van der Waals surface area contributed by atoms with Crippen LogP contribution in [0.5, 0.6) is 11.5 Å². The van der Waals surface area contributed by atoms with Gasteiger partial charge in [0, 0.05) is 29.6 Å². The summed E-state index contributed by atoms with van der Waals surface area (Å²) >= 11 is 3.00. The molecule has 0 atom stereocenters. The summed E-state index contributed by atoms with van der Waals surface area (Å²) in [6.45, 7) is 15.5. The minimum atomic E-state index is -0.780. The van der Waals surface area contributed by atoms with Crippen molar-refractivity contribution < 1.29 is 49.1 Å². The lowest BCUT2D eigenvalue weighted by atomic mass is 9.92. The van der Waals surface area contributed by atoms with Gasteiger partial charge in [-0.25, -0.2) is 9.80 Å². The van der Waals surface area contributed by atoms with Crippen LogP contribution >= 0.6 is 15.9 Å². The Morgan fingerprint density at radius 2 is 0.918 bits per heavy atom. The largest absolute Gasteiger partial charge is 0.502 e. The molecular weight excluding hydrogens is 856 g/mol. The number of halogens is 1. The van der Waals surface area contributed by atoms with Crippen molar-refractivity contribution in [2.24, 2.45) is 0 Å². The van der Waals surface area contributed by atoms with Crippen LogP contribution in [0.3, 0.4) is 0 Å². The predicted octanol–water partition coefficient (Wildman–Crippen LogP) is 8.73. The number of aliphatic hydroxyl groups is 2. The number of benzene rings is 4. The van der Waals surface area contributed by atoms with Gasteiger partial charge >= 0.3 is 11.4 Å². The number of para-hydroxylation sites is 2. The first-order chi connectivity index (χ1) is 28.7. The van der Waals surface area contributed by atoms with Crippen LogP contribution in [-0.4, -0.2) is 73.9 Å². The number of phenolic OH excluding ortho intramolecular Hbond substituents is 1. The number of imide groups is 2. The Morgan fingerprint density at radius 3 is 1.23 bits per heavy atom. The van der Waals surface area contributed by atoms with Crippen LogP contribution in [0.15, 0.2) is 60.7 Å². The van der Waals surface area contributed by atoms with Crippen molar-refractivity contribution in [3.05, 3.63) is 125 Å². The molecule has 2 aliphatic heterocycles. The van der Waals surface area contributed by atoms with Crippen molar-refractivity contribution in [3.63, 3.8) is 0 Å². The van der Waals surface area contributed by atoms with E-state index in [-0.39, 0.29) is 71.5 Å². The highest BCUT2D eigenvalue weighted by Gasteiger charge is 2.43. The fourth-order valence-electron chi connectivity index (χ4n) is 7.03. The maximum Gasteiger partial charge on any atom is 0.311 e. The zero-order chi connectivity index (χ0) is 45.6. The van der Waals surface area contributed by atoms with Crippen molar-refractivity contribution in [3.8, 4) is 11.5 Å². The van der Waals surface area contributed by atoms with E-state index in [1.54, 1.807) is 0 Å². The van der Waals surface area contributed by atoms with Crippen molar-refractivity contribution in [1.29, 1.82) is 0 Å². The Kier molecular flexibility index (Phi) is 15.6. The Hall–Kier alpha value is -6.04. The molecule has 16 nitrogen and oxygen atoms in total. The highest BCUT2D eigenvalue weighted by Crippen LogP contribution is 2.43. The van der Waals surface area contributed by atoms with Gasteiger partial charge in [-0.15, -0.1) is 0 Å². The van der Waals surface area contributed by atoms with E-state index in [1.807, 2.05) is 91.8 Å². The van der Waals surface area contributed by atoms with Gasteiger partial charge in [-0.3, -0.25) is 39.4 Å². The highest BCUT2D eigenvalue weighted by atomic mass is 79.9.